The third-order valence-corrected chi connectivity index (χ3v) is 4.84. The van der Waals surface area contributed by atoms with Crippen molar-refractivity contribution in [2.75, 3.05) is 5.73 Å². The number of hydrogen-bond donors (Lipinski definition) is 2. The van der Waals surface area contributed by atoms with Gasteiger partial charge in [-0.1, -0.05) is 33.8 Å². The second-order valence-corrected chi connectivity index (χ2v) is 8.97. The van der Waals surface area contributed by atoms with E-state index in [1.54, 1.807) is 6.07 Å². The van der Waals surface area contributed by atoms with Gasteiger partial charge in [-0.3, -0.25) is 4.55 Å². The van der Waals surface area contributed by atoms with Crippen LogP contribution in [0.3, 0.4) is 0 Å². The maximum atomic E-state index is 11.3. The Kier molecular flexibility index (Phi) is 6.73. The maximum Gasteiger partial charge on any atom is 0.294 e. The first-order valence-corrected chi connectivity index (χ1v) is 10.4. The molecule has 0 spiro atoms. The fourth-order valence-corrected chi connectivity index (χ4v) is 3.38. The van der Waals surface area contributed by atoms with Crippen molar-refractivity contribution in [2.45, 2.75) is 45.4 Å². The van der Waals surface area contributed by atoms with E-state index in [1.807, 2.05) is 12.1 Å². The molecule has 0 heterocycles. The molecule has 0 amide bonds. The third kappa shape index (κ3) is 6.15. The van der Waals surface area contributed by atoms with Gasteiger partial charge in [0, 0.05) is 5.69 Å². The summed E-state index contributed by atoms with van der Waals surface area (Å²) in [5.74, 6) is 0.913. The van der Waals surface area contributed by atoms with Crippen molar-refractivity contribution < 1.29 is 13.0 Å². The lowest BCUT2D eigenvalue weighted by atomic mass is 9.94. The average molecular weight is 390 g/mol. The van der Waals surface area contributed by atoms with Crippen molar-refractivity contribution in [1.29, 1.82) is 0 Å². The minimum atomic E-state index is -4.27. The molecule has 3 N–H and O–H groups in total. The van der Waals surface area contributed by atoms with Gasteiger partial charge < -0.3 is 5.73 Å². The van der Waals surface area contributed by atoms with Crippen molar-refractivity contribution in [1.82, 2.24) is 0 Å². The molecule has 6 nitrogen and oxygen atoms in total. The van der Waals surface area contributed by atoms with Crippen LogP contribution in [0.1, 0.15) is 38.8 Å². The quantitative estimate of drug-likeness (QED) is 0.379. The highest BCUT2D eigenvalue weighted by Gasteiger charge is 2.12. The van der Waals surface area contributed by atoms with E-state index in [0.29, 0.717) is 23.2 Å². The Labute approximate surface area is 161 Å². The number of nitrogens with two attached hydrogens (primary N) is 1. The predicted molar refractivity (Wildman–Crippen MR) is 108 cm³/mol. The number of anilines is 1. The van der Waals surface area contributed by atoms with Gasteiger partial charge in [0.15, 0.2) is 0 Å². The fourth-order valence-electron chi connectivity index (χ4n) is 2.86. The first-order valence-electron chi connectivity index (χ1n) is 8.96. The highest BCUT2D eigenvalue weighted by Crippen LogP contribution is 2.30. The van der Waals surface area contributed by atoms with Gasteiger partial charge in [0.2, 0.25) is 0 Å². The van der Waals surface area contributed by atoms with Gasteiger partial charge in [-0.2, -0.15) is 18.6 Å². The first kappa shape index (κ1) is 21.1. The number of nitrogen functional groups attached to an aromatic ring is 1. The highest BCUT2D eigenvalue weighted by atomic mass is 32.2. The molecule has 27 heavy (non-hydrogen) atoms. The summed E-state index contributed by atoms with van der Waals surface area (Å²) in [6.45, 7) is 8.54. The van der Waals surface area contributed by atoms with Crippen molar-refractivity contribution in [2.24, 2.45) is 22.1 Å². The van der Waals surface area contributed by atoms with Gasteiger partial charge in [0.1, 0.15) is 0 Å². The van der Waals surface area contributed by atoms with E-state index in [9.17, 15) is 8.42 Å². The monoisotopic (exact) mass is 389 g/mol. The van der Waals surface area contributed by atoms with Crippen molar-refractivity contribution in [3.8, 4) is 0 Å². The summed E-state index contributed by atoms with van der Waals surface area (Å²) in [4.78, 5) is -0.211. The normalized spacial score (nSPS) is 12.4. The molecular weight excluding hydrogens is 362 g/mol. The molecule has 0 aliphatic rings. The second-order valence-electron chi connectivity index (χ2n) is 7.55. The minimum absolute atomic E-state index is 0.211. The van der Waals surface area contributed by atoms with E-state index < -0.39 is 10.1 Å². The van der Waals surface area contributed by atoms with Gasteiger partial charge in [-0.05, 0) is 66.1 Å². The van der Waals surface area contributed by atoms with E-state index >= 15 is 0 Å². The van der Waals surface area contributed by atoms with Crippen LogP contribution in [0.2, 0.25) is 0 Å². The standard InChI is InChI=1S/C20H27N3O3S/c1-13(2)8-15-10-18(11-16(20(15)21)9-14(3)4)23-22-17-6-5-7-19(12-17)27(24,25)26/h5-7,10-14H,8-9,21H2,1-4H3,(H,24,25,26). The predicted octanol–water partition coefficient (Wildman–Crippen LogP) is 5.33. The number of hydrogen-bond acceptors (Lipinski definition) is 5. The number of benzene rings is 2. The van der Waals surface area contributed by atoms with Crippen LogP contribution in [0.4, 0.5) is 17.1 Å². The van der Waals surface area contributed by atoms with Crippen LogP contribution in [-0.2, 0) is 23.0 Å². The zero-order valence-electron chi connectivity index (χ0n) is 16.2. The minimum Gasteiger partial charge on any atom is -0.398 e. The second kappa shape index (κ2) is 8.63. The molecule has 0 unspecified atom stereocenters. The van der Waals surface area contributed by atoms with E-state index in [2.05, 4.69) is 37.9 Å². The van der Waals surface area contributed by atoms with Gasteiger partial charge in [0.05, 0.1) is 16.3 Å². The molecule has 2 aromatic rings. The Morgan fingerprint density at radius 3 is 1.93 bits per heavy atom. The summed E-state index contributed by atoms with van der Waals surface area (Å²) in [7, 11) is -4.27. The Hall–Kier alpha value is -2.25. The third-order valence-electron chi connectivity index (χ3n) is 3.99. The lowest BCUT2D eigenvalue weighted by Gasteiger charge is -2.15. The summed E-state index contributed by atoms with van der Waals surface area (Å²) in [6.07, 6.45) is 1.69. The van der Waals surface area contributed by atoms with Gasteiger partial charge >= 0.3 is 0 Å². The van der Waals surface area contributed by atoms with Gasteiger partial charge in [-0.25, -0.2) is 0 Å². The topological polar surface area (TPSA) is 105 Å². The summed E-state index contributed by atoms with van der Waals surface area (Å²) in [5.41, 5.74) is 10.3. The number of azo groups is 1. The van der Waals surface area contributed by atoms with Crippen LogP contribution in [0, 0.1) is 11.8 Å². The summed E-state index contributed by atoms with van der Waals surface area (Å²) in [5, 5.41) is 8.40. The lowest BCUT2D eigenvalue weighted by Crippen LogP contribution is -2.05. The van der Waals surface area contributed by atoms with Crippen LogP contribution in [0.25, 0.3) is 0 Å². The fraction of sp³-hybridized carbons (Fsp3) is 0.400. The van der Waals surface area contributed by atoms with Crippen LogP contribution >= 0.6 is 0 Å². The molecule has 0 fully saturated rings. The Balaban J connectivity index is 2.41. The zero-order valence-corrected chi connectivity index (χ0v) is 17.0. The Bertz CT molecular complexity index is 904. The van der Waals surface area contributed by atoms with E-state index in [1.165, 1.54) is 18.2 Å². The largest absolute Gasteiger partial charge is 0.398 e. The van der Waals surface area contributed by atoms with Crippen LogP contribution in [0.5, 0.6) is 0 Å². The van der Waals surface area contributed by atoms with E-state index in [0.717, 1.165) is 29.7 Å². The molecule has 7 heteroatoms. The highest BCUT2D eigenvalue weighted by molar-refractivity contribution is 7.85. The number of rotatable bonds is 7. The van der Waals surface area contributed by atoms with Gasteiger partial charge in [0.25, 0.3) is 10.1 Å². The molecule has 0 saturated heterocycles. The molecule has 0 aliphatic carbocycles. The SMILES string of the molecule is CC(C)Cc1cc(N=Nc2cccc(S(=O)(=O)O)c2)cc(CC(C)C)c1N. The molecule has 2 aromatic carbocycles. The van der Waals surface area contributed by atoms with Gasteiger partial charge in [-0.15, -0.1) is 0 Å². The molecule has 0 saturated carbocycles. The van der Waals surface area contributed by atoms with Crippen molar-refractivity contribution >= 4 is 27.2 Å². The smallest absolute Gasteiger partial charge is 0.294 e. The van der Waals surface area contributed by atoms with Crippen molar-refractivity contribution in [3.05, 3.63) is 47.5 Å². The molecule has 0 aromatic heterocycles. The van der Waals surface area contributed by atoms with E-state index in [4.69, 9.17) is 10.3 Å². The molecule has 146 valence electrons. The van der Waals surface area contributed by atoms with Crippen LogP contribution < -0.4 is 5.73 Å². The zero-order chi connectivity index (χ0) is 20.2. The molecule has 0 radical (unpaired) electrons. The number of nitrogens with zero attached hydrogens (tertiary/aromatic N) is 2. The maximum absolute atomic E-state index is 11.3. The van der Waals surface area contributed by atoms with Crippen LogP contribution in [-0.4, -0.2) is 13.0 Å². The Morgan fingerprint density at radius 1 is 0.926 bits per heavy atom. The molecular formula is C20H27N3O3S. The average Bonchev–Trinajstić information content (AvgIpc) is 2.55. The molecule has 0 aliphatic heterocycles. The Morgan fingerprint density at radius 2 is 1.44 bits per heavy atom. The molecule has 0 bridgehead atoms. The molecule has 0 atom stereocenters. The molecule has 2 rings (SSSR count). The first-order chi connectivity index (χ1) is 12.6. The lowest BCUT2D eigenvalue weighted by molar-refractivity contribution is 0.483. The summed E-state index contributed by atoms with van der Waals surface area (Å²) in [6, 6.07) is 9.57. The van der Waals surface area contributed by atoms with Crippen molar-refractivity contribution in [3.63, 3.8) is 0 Å². The summed E-state index contributed by atoms with van der Waals surface area (Å²) < 4.78 is 31.7. The van der Waals surface area contributed by atoms with Crippen LogP contribution in [0.15, 0.2) is 51.5 Å². The summed E-state index contributed by atoms with van der Waals surface area (Å²) >= 11 is 0. The van der Waals surface area contributed by atoms with E-state index in [-0.39, 0.29) is 4.90 Å².